The van der Waals surface area contributed by atoms with Crippen LogP contribution in [-0.4, -0.2) is 42.0 Å². The molecule has 1 aromatic heterocycles. The van der Waals surface area contributed by atoms with E-state index in [1.165, 1.54) is 6.07 Å². The van der Waals surface area contributed by atoms with Crippen LogP contribution in [0.1, 0.15) is 72.0 Å². The van der Waals surface area contributed by atoms with Gasteiger partial charge < -0.3 is 9.80 Å². The SMILES string of the molecule is CC1(CCc2cc(F)c(C(=O)N3CCCC3)cc2C2CC2)CN(c2cc(C(F)(F)F)c(Cl)cn2)C1. The smallest absolute Gasteiger partial charge is 0.355 e. The zero-order valence-electron chi connectivity index (χ0n) is 19.6. The van der Waals surface area contributed by atoms with Gasteiger partial charge in [0.2, 0.25) is 0 Å². The van der Waals surface area contributed by atoms with Gasteiger partial charge >= 0.3 is 6.18 Å². The summed E-state index contributed by atoms with van der Waals surface area (Å²) in [6.07, 6.45) is 1.95. The Morgan fingerprint density at radius 1 is 1.17 bits per heavy atom. The summed E-state index contributed by atoms with van der Waals surface area (Å²) in [5, 5.41) is -0.411. The Bertz CT molecular complexity index is 1140. The number of carbonyl (C=O) groups is 1. The summed E-state index contributed by atoms with van der Waals surface area (Å²) in [5.74, 6) is -0.0513. The number of pyridine rings is 1. The van der Waals surface area contributed by atoms with Gasteiger partial charge in [-0.05, 0) is 73.8 Å². The molecule has 0 spiro atoms. The van der Waals surface area contributed by atoms with Gasteiger partial charge in [0.25, 0.3) is 5.91 Å². The highest BCUT2D eigenvalue weighted by Gasteiger charge is 2.41. The zero-order chi connectivity index (χ0) is 25.0. The van der Waals surface area contributed by atoms with Crippen molar-refractivity contribution in [3.63, 3.8) is 0 Å². The maximum absolute atomic E-state index is 15.0. The van der Waals surface area contributed by atoms with Crippen LogP contribution < -0.4 is 4.90 Å². The van der Waals surface area contributed by atoms with E-state index in [-0.39, 0.29) is 22.7 Å². The average Bonchev–Trinajstić information content (AvgIpc) is 3.47. The van der Waals surface area contributed by atoms with Gasteiger partial charge in [-0.15, -0.1) is 0 Å². The summed E-state index contributed by atoms with van der Waals surface area (Å²) in [5.41, 5.74) is 1.18. The lowest BCUT2D eigenvalue weighted by molar-refractivity contribution is -0.137. The van der Waals surface area contributed by atoms with Gasteiger partial charge in [-0.2, -0.15) is 13.2 Å². The summed E-state index contributed by atoms with van der Waals surface area (Å²) >= 11 is 5.69. The van der Waals surface area contributed by atoms with Crippen LogP contribution in [0, 0.1) is 11.2 Å². The van der Waals surface area contributed by atoms with Gasteiger partial charge in [-0.1, -0.05) is 18.5 Å². The standard InChI is InChI=1S/C26H28ClF4N3O/c1-25(14-34(15-25)23-12-20(26(29,30)31)21(27)13-32-23)7-6-17-10-22(28)19(11-18(17)16-4-5-16)24(35)33-8-2-3-9-33/h10-13,16H,2-9,14-15H2,1H3. The average molecular weight is 510 g/mol. The van der Waals surface area contributed by atoms with Crippen molar-refractivity contribution < 1.29 is 22.4 Å². The first kappa shape index (κ1) is 24.3. The predicted octanol–water partition coefficient (Wildman–Crippen LogP) is 6.47. The zero-order valence-corrected chi connectivity index (χ0v) is 20.4. The van der Waals surface area contributed by atoms with E-state index in [2.05, 4.69) is 11.9 Å². The fourth-order valence-corrected chi connectivity index (χ4v) is 5.54. The maximum Gasteiger partial charge on any atom is 0.418 e. The van der Waals surface area contributed by atoms with Crippen LogP contribution in [0.25, 0.3) is 0 Å². The minimum atomic E-state index is -4.53. The Balaban J connectivity index is 1.27. The van der Waals surface area contributed by atoms with Crippen molar-refractivity contribution in [2.45, 2.75) is 57.5 Å². The van der Waals surface area contributed by atoms with Crippen molar-refractivity contribution in [3.8, 4) is 0 Å². The van der Waals surface area contributed by atoms with Crippen LogP contribution in [0.2, 0.25) is 5.02 Å². The molecule has 188 valence electrons. The van der Waals surface area contributed by atoms with Crippen molar-refractivity contribution in [1.82, 2.24) is 9.88 Å². The lowest BCUT2D eigenvalue weighted by Crippen LogP contribution is -2.55. The van der Waals surface area contributed by atoms with E-state index < -0.39 is 22.6 Å². The van der Waals surface area contributed by atoms with Crippen molar-refractivity contribution in [2.75, 3.05) is 31.1 Å². The van der Waals surface area contributed by atoms with Gasteiger partial charge in [0, 0.05) is 37.8 Å². The summed E-state index contributed by atoms with van der Waals surface area (Å²) < 4.78 is 54.6. The monoisotopic (exact) mass is 509 g/mol. The Kier molecular flexibility index (Phi) is 6.22. The minimum absolute atomic E-state index is 0.124. The first-order chi connectivity index (χ1) is 16.5. The van der Waals surface area contributed by atoms with Gasteiger partial charge in [0.15, 0.2) is 0 Å². The largest absolute Gasteiger partial charge is 0.418 e. The molecule has 0 atom stereocenters. The van der Waals surface area contributed by atoms with E-state index in [1.54, 1.807) is 11.0 Å². The number of alkyl halides is 3. The van der Waals surface area contributed by atoms with Crippen LogP contribution >= 0.6 is 11.6 Å². The molecule has 1 amide bonds. The number of carbonyl (C=O) groups excluding carboxylic acids is 1. The third-order valence-electron chi connectivity index (χ3n) is 7.48. The van der Waals surface area contributed by atoms with Crippen molar-refractivity contribution in [3.05, 3.63) is 57.5 Å². The molecule has 0 bridgehead atoms. The fourth-order valence-electron chi connectivity index (χ4n) is 5.33. The van der Waals surface area contributed by atoms with E-state index in [0.717, 1.165) is 55.5 Å². The molecule has 35 heavy (non-hydrogen) atoms. The summed E-state index contributed by atoms with van der Waals surface area (Å²) in [6.45, 7) is 4.57. The molecule has 2 aromatic rings. The van der Waals surface area contributed by atoms with Crippen LogP contribution in [0.3, 0.4) is 0 Å². The highest BCUT2D eigenvalue weighted by molar-refractivity contribution is 6.31. The number of nitrogens with zero attached hydrogens (tertiary/aromatic N) is 3. The number of rotatable bonds is 6. The highest BCUT2D eigenvalue weighted by atomic mass is 35.5. The first-order valence-electron chi connectivity index (χ1n) is 12.1. The molecule has 0 radical (unpaired) electrons. The van der Waals surface area contributed by atoms with Crippen molar-refractivity contribution >= 4 is 23.3 Å². The molecular formula is C26H28ClF4N3O. The van der Waals surface area contributed by atoms with E-state index >= 15 is 4.39 Å². The predicted molar refractivity (Wildman–Crippen MR) is 126 cm³/mol. The number of aromatic nitrogens is 1. The molecule has 3 heterocycles. The number of hydrogen-bond donors (Lipinski definition) is 0. The molecule has 4 nitrogen and oxygen atoms in total. The van der Waals surface area contributed by atoms with Gasteiger partial charge in [-0.3, -0.25) is 4.79 Å². The molecule has 3 aliphatic rings. The molecule has 1 aliphatic carbocycles. The van der Waals surface area contributed by atoms with Crippen LogP contribution in [0.5, 0.6) is 0 Å². The minimum Gasteiger partial charge on any atom is -0.355 e. The number of benzene rings is 1. The summed E-state index contributed by atoms with van der Waals surface area (Å²) in [4.78, 5) is 20.4. The topological polar surface area (TPSA) is 36.4 Å². The van der Waals surface area contributed by atoms with Crippen LogP contribution in [-0.2, 0) is 12.6 Å². The molecule has 2 saturated heterocycles. The van der Waals surface area contributed by atoms with E-state index in [0.29, 0.717) is 38.5 Å². The first-order valence-corrected chi connectivity index (χ1v) is 12.5. The molecule has 0 unspecified atom stereocenters. The second kappa shape index (κ2) is 8.95. The molecule has 1 saturated carbocycles. The van der Waals surface area contributed by atoms with E-state index in [9.17, 15) is 18.0 Å². The second-order valence-corrected chi connectivity index (χ2v) is 10.9. The fraction of sp³-hybridized carbons (Fsp3) is 0.538. The lowest BCUT2D eigenvalue weighted by Gasteiger charge is -2.49. The lowest BCUT2D eigenvalue weighted by atomic mass is 9.76. The van der Waals surface area contributed by atoms with Gasteiger partial charge in [-0.25, -0.2) is 9.37 Å². The number of anilines is 1. The Morgan fingerprint density at radius 2 is 1.86 bits per heavy atom. The molecular weight excluding hydrogens is 482 g/mol. The van der Waals surface area contributed by atoms with Gasteiger partial charge in [0.1, 0.15) is 11.6 Å². The third-order valence-corrected chi connectivity index (χ3v) is 7.78. The highest BCUT2D eigenvalue weighted by Crippen LogP contribution is 2.45. The normalized spacial score (nSPS) is 19.7. The maximum atomic E-state index is 15.0. The van der Waals surface area contributed by atoms with Gasteiger partial charge in [0.05, 0.1) is 16.1 Å². The van der Waals surface area contributed by atoms with Crippen LogP contribution in [0.4, 0.5) is 23.4 Å². The number of aryl methyl sites for hydroxylation is 1. The Hall–Kier alpha value is -2.35. The molecule has 1 aromatic carbocycles. The summed E-state index contributed by atoms with van der Waals surface area (Å²) in [7, 11) is 0. The Morgan fingerprint density at radius 3 is 2.49 bits per heavy atom. The van der Waals surface area contributed by atoms with E-state index in [1.807, 2.05) is 4.90 Å². The number of hydrogen-bond acceptors (Lipinski definition) is 3. The third kappa shape index (κ3) is 4.99. The molecule has 9 heteroatoms. The number of halogens is 5. The van der Waals surface area contributed by atoms with E-state index in [4.69, 9.17) is 11.6 Å². The number of amides is 1. The molecule has 5 rings (SSSR count). The van der Waals surface area contributed by atoms with Crippen LogP contribution in [0.15, 0.2) is 24.4 Å². The quantitative estimate of drug-likeness (QED) is 0.419. The van der Waals surface area contributed by atoms with Crippen molar-refractivity contribution in [2.24, 2.45) is 5.41 Å². The Labute approximate surface area is 207 Å². The molecule has 0 N–H and O–H groups in total. The number of likely N-dealkylation sites (tertiary alicyclic amines) is 1. The molecule has 3 fully saturated rings. The second-order valence-electron chi connectivity index (χ2n) is 10.5. The summed E-state index contributed by atoms with van der Waals surface area (Å²) in [6, 6.07) is 4.31. The van der Waals surface area contributed by atoms with Crippen molar-refractivity contribution in [1.29, 1.82) is 0 Å². The molecule has 2 aliphatic heterocycles.